The Hall–Kier alpha value is -2.13. The van der Waals surface area contributed by atoms with Gasteiger partial charge in [0, 0.05) is 10.3 Å². The quantitative estimate of drug-likeness (QED) is 0.654. The van der Waals surface area contributed by atoms with Crippen molar-refractivity contribution in [1.82, 2.24) is 0 Å². The van der Waals surface area contributed by atoms with Gasteiger partial charge in [-0.05, 0) is 35.2 Å². The summed E-state index contributed by atoms with van der Waals surface area (Å²) in [6.07, 6.45) is 1.78. The summed E-state index contributed by atoms with van der Waals surface area (Å²) in [7, 11) is 0. The van der Waals surface area contributed by atoms with E-state index in [-0.39, 0.29) is 5.97 Å². The Labute approximate surface area is 133 Å². The molecule has 1 aliphatic rings. The molecule has 0 aliphatic heterocycles. The highest BCUT2D eigenvalue weighted by molar-refractivity contribution is 7.17. The Morgan fingerprint density at radius 2 is 1.77 bits per heavy atom. The minimum absolute atomic E-state index is 0.0889. The molecule has 1 fully saturated rings. The van der Waals surface area contributed by atoms with Gasteiger partial charge in [-0.15, -0.1) is 11.3 Å². The van der Waals surface area contributed by atoms with Gasteiger partial charge in [0.2, 0.25) is 0 Å². The molecule has 0 amide bonds. The highest BCUT2D eigenvalue weighted by Crippen LogP contribution is 2.49. The number of esters is 1. The molecule has 0 spiro atoms. The Morgan fingerprint density at radius 3 is 2.55 bits per heavy atom. The van der Waals surface area contributed by atoms with Gasteiger partial charge < -0.3 is 4.74 Å². The average Bonchev–Trinajstić information content (AvgIpc) is 3.29. The van der Waals surface area contributed by atoms with Gasteiger partial charge in [0.15, 0.2) is 0 Å². The molecule has 0 unspecified atom stereocenters. The summed E-state index contributed by atoms with van der Waals surface area (Å²) in [5.41, 5.74) is 1.78. The molecular weight excluding hydrogens is 292 g/mol. The lowest BCUT2D eigenvalue weighted by Crippen LogP contribution is -2.23. The van der Waals surface area contributed by atoms with E-state index in [9.17, 15) is 4.79 Å². The van der Waals surface area contributed by atoms with Crippen LogP contribution in [0.3, 0.4) is 0 Å². The number of carbonyl (C=O) groups excluding carboxylic acids is 1. The van der Waals surface area contributed by atoms with Crippen molar-refractivity contribution >= 4 is 27.4 Å². The van der Waals surface area contributed by atoms with Crippen LogP contribution in [-0.4, -0.2) is 5.97 Å². The first-order chi connectivity index (χ1) is 10.8. The zero-order chi connectivity index (χ0) is 15.0. The zero-order valence-corrected chi connectivity index (χ0v) is 12.9. The first-order valence-corrected chi connectivity index (χ1v) is 8.35. The van der Waals surface area contributed by atoms with E-state index in [0.717, 1.165) is 24.0 Å². The zero-order valence-electron chi connectivity index (χ0n) is 12.1. The van der Waals surface area contributed by atoms with Gasteiger partial charge in [0.1, 0.15) is 6.61 Å². The van der Waals surface area contributed by atoms with Crippen molar-refractivity contribution in [2.24, 2.45) is 0 Å². The second-order valence-corrected chi connectivity index (χ2v) is 6.69. The maximum Gasteiger partial charge on any atom is 0.316 e. The van der Waals surface area contributed by atoms with E-state index < -0.39 is 5.41 Å². The van der Waals surface area contributed by atoms with Crippen LogP contribution in [0.15, 0.2) is 60.0 Å². The van der Waals surface area contributed by atoms with Crippen LogP contribution in [0.2, 0.25) is 0 Å². The standard InChI is InChI=1S/C19H16O2S/c20-18(19(10-11-19)15-6-2-1-3-7-15)21-12-14-13-22-17-9-5-4-8-16(14)17/h1-9,13H,10-12H2. The number of carbonyl (C=O) groups is 1. The molecule has 1 aliphatic carbocycles. The average molecular weight is 308 g/mol. The van der Waals surface area contributed by atoms with Crippen LogP contribution < -0.4 is 0 Å². The fraction of sp³-hybridized carbons (Fsp3) is 0.211. The molecule has 0 radical (unpaired) electrons. The highest BCUT2D eigenvalue weighted by Gasteiger charge is 2.52. The van der Waals surface area contributed by atoms with E-state index in [1.165, 1.54) is 10.1 Å². The minimum atomic E-state index is -0.396. The maximum atomic E-state index is 12.5. The summed E-state index contributed by atoms with van der Waals surface area (Å²) in [4.78, 5) is 12.5. The van der Waals surface area contributed by atoms with Gasteiger partial charge in [0.05, 0.1) is 5.41 Å². The largest absolute Gasteiger partial charge is 0.460 e. The molecule has 0 N–H and O–H groups in total. The smallest absolute Gasteiger partial charge is 0.316 e. The lowest BCUT2D eigenvalue weighted by molar-refractivity contribution is -0.148. The minimum Gasteiger partial charge on any atom is -0.460 e. The highest BCUT2D eigenvalue weighted by atomic mass is 32.1. The number of benzene rings is 2. The molecule has 3 heteroatoms. The summed E-state index contributed by atoms with van der Waals surface area (Å²) >= 11 is 1.69. The van der Waals surface area contributed by atoms with Crippen molar-refractivity contribution in [3.05, 3.63) is 71.1 Å². The lowest BCUT2D eigenvalue weighted by atomic mass is 9.96. The molecule has 0 saturated heterocycles. The third-order valence-electron chi connectivity index (χ3n) is 4.39. The molecular formula is C19H16O2S. The van der Waals surface area contributed by atoms with Crippen LogP contribution in [0.4, 0.5) is 0 Å². The third-order valence-corrected chi connectivity index (χ3v) is 5.40. The number of rotatable bonds is 4. The number of fused-ring (bicyclic) bond motifs is 1. The van der Waals surface area contributed by atoms with Gasteiger partial charge in [-0.3, -0.25) is 4.79 Å². The van der Waals surface area contributed by atoms with Crippen molar-refractivity contribution < 1.29 is 9.53 Å². The summed E-state index contributed by atoms with van der Waals surface area (Å²) < 4.78 is 6.88. The van der Waals surface area contributed by atoms with E-state index in [4.69, 9.17) is 4.74 Å². The number of ether oxygens (including phenoxy) is 1. The molecule has 2 aromatic carbocycles. The normalized spacial score (nSPS) is 15.6. The Bertz CT molecular complexity index is 816. The number of hydrogen-bond donors (Lipinski definition) is 0. The molecule has 110 valence electrons. The molecule has 1 aromatic heterocycles. The van der Waals surface area contributed by atoms with Crippen molar-refractivity contribution in [3.63, 3.8) is 0 Å². The Morgan fingerprint density at radius 1 is 1.05 bits per heavy atom. The second kappa shape index (κ2) is 5.25. The number of thiophene rings is 1. The molecule has 1 heterocycles. The molecule has 3 aromatic rings. The van der Waals surface area contributed by atoms with Crippen LogP contribution in [-0.2, 0) is 21.6 Å². The summed E-state index contributed by atoms with van der Waals surface area (Å²) in [6, 6.07) is 18.2. The lowest BCUT2D eigenvalue weighted by Gasteiger charge is -2.14. The molecule has 0 atom stereocenters. The van der Waals surface area contributed by atoms with E-state index in [0.29, 0.717) is 6.61 Å². The second-order valence-electron chi connectivity index (χ2n) is 5.78. The predicted molar refractivity (Wildman–Crippen MR) is 89.0 cm³/mol. The van der Waals surface area contributed by atoms with Crippen LogP contribution in [0.5, 0.6) is 0 Å². The molecule has 2 nitrogen and oxygen atoms in total. The Balaban J connectivity index is 1.51. The van der Waals surface area contributed by atoms with Crippen molar-refractivity contribution in [2.45, 2.75) is 24.9 Å². The van der Waals surface area contributed by atoms with Gasteiger partial charge in [-0.1, -0.05) is 48.5 Å². The SMILES string of the molecule is O=C(OCc1csc2ccccc12)C1(c2ccccc2)CC1. The maximum absolute atomic E-state index is 12.5. The Kier molecular flexibility index (Phi) is 3.23. The van der Waals surface area contributed by atoms with Crippen LogP contribution in [0.1, 0.15) is 24.0 Å². The van der Waals surface area contributed by atoms with Crippen molar-refractivity contribution in [3.8, 4) is 0 Å². The first kappa shape index (κ1) is 13.5. The van der Waals surface area contributed by atoms with Gasteiger partial charge in [0.25, 0.3) is 0 Å². The first-order valence-electron chi connectivity index (χ1n) is 7.47. The van der Waals surface area contributed by atoms with E-state index in [2.05, 4.69) is 17.5 Å². The summed E-state index contributed by atoms with van der Waals surface area (Å²) in [6.45, 7) is 0.359. The van der Waals surface area contributed by atoms with Gasteiger partial charge in [-0.25, -0.2) is 0 Å². The monoisotopic (exact) mass is 308 g/mol. The van der Waals surface area contributed by atoms with E-state index in [1.807, 2.05) is 42.5 Å². The summed E-state index contributed by atoms with van der Waals surface area (Å²) in [5.74, 6) is -0.0889. The fourth-order valence-electron chi connectivity index (χ4n) is 2.92. The summed E-state index contributed by atoms with van der Waals surface area (Å²) in [5, 5.41) is 3.27. The van der Waals surface area contributed by atoms with Gasteiger partial charge in [-0.2, -0.15) is 0 Å². The number of hydrogen-bond acceptors (Lipinski definition) is 3. The molecule has 4 rings (SSSR count). The third kappa shape index (κ3) is 2.22. The predicted octanol–water partition coefficient (Wildman–Crippen LogP) is 4.68. The molecule has 22 heavy (non-hydrogen) atoms. The van der Waals surface area contributed by atoms with Crippen LogP contribution >= 0.6 is 11.3 Å². The van der Waals surface area contributed by atoms with E-state index >= 15 is 0 Å². The van der Waals surface area contributed by atoms with Crippen LogP contribution in [0.25, 0.3) is 10.1 Å². The van der Waals surface area contributed by atoms with Gasteiger partial charge >= 0.3 is 5.97 Å². The van der Waals surface area contributed by atoms with Crippen molar-refractivity contribution in [2.75, 3.05) is 0 Å². The van der Waals surface area contributed by atoms with Crippen molar-refractivity contribution in [1.29, 1.82) is 0 Å². The van der Waals surface area contributed by atoms with Crippen LogP contribution in [0, 0.1) is 0 Å². The van der Waals surface area contributed by atoms with E-state index in [1.54, 1.807) is 11.3 Å². The fourth-order valence-corrected chi connectivity index (χ4v) is 3.87. The molecule has 0 bridgehead atoms. The molecule has 1 saturated carbocycles. The topological polar surface area (TPSA) is 26.3 Å².